The summed E-state index contributed by atoms with van der Waals surface area (Å²) in [6, 6.07) is 1.83. The normalized spacial score (nSPS) is 10.2. The maximum absolute atomic E-state index is 12.7. The quantitative estimate of drug-likeness (QED) is 0.773. The fourth-order valence-electron chi connectivity index (χ4n) is 1.57. The molecular formula is C12H12F2N2O2. The fraction of sp³-hybridized carbons (Fsp3) is 0.417. The summed E-state index contributed by atoms with van der Waals surface area (Å²) in [5.41, 5.74) is 0.122. The van der Waals surface area contributed by atoms with Crippen LogP contribution in [0, 0.1) is 18.3 Å². The summed E-state index contributed by atoms with van der Waals surface area (Å²) in [6.07, 6.45) is -1.88. The number of rotatable bonds is 4. The Morgan fingerprint density at radius 3 is 2.78 bits per heavy atom. The van der Waals surface area contributed by atoms with Crippen molar-refractivity contribution in [1.82, 2.24) is 4.98 Å². The zero-order valence-corrected chi connectivity index (χ0v) is 10.0. The van der Waals surface area contributed by atoms with Crippen LogP contribution in [0.3, 0.4) is 0 Å². The number of halogens is 2. The maximum Gasteiger partial charge on any atom is 0.310 e. The van der Waals surface area contributed by atoms with Gasteiger partial charge in [0.1, 0.15) is 11.8 Å². The maximum atomic E-state index is 12.7. The molecule has 1 aromatic heterocycles. The first-order valence-electron chi connectivity index (χ1n) is 5.33. The zero-order chi connectivity index (χ0) is 13.7. The van der Waals surface area contributed by atoms with Gasteiger partial charge in [0.25, 0.3) is 6.43 Å². The molecule has 1 heterocycles. The Bertz CT molecular complexity index is 496. The summed E-state index contributed by atoms with van der Waals surface area (Å²) in [5.74, 6) is -0.552. The number of hydrogen-bond donors (Lipinski definition) is 0. The second-order valence-electron chi connectivity index (χ2n) is 3.55. The molecule has 1 rings (SSSR count). The first-order chi connectivity index (χ1) is 8.51. The second-order valence-corrected chi connectivity index (χ2v) is 3.55. The average Bonchev–Trinajstić information content (AvgIpc) is 2.31. The third-order valence-corrected chi connectivity index (χ3v) is 2.45. The molecule has 0 radical (unpaired) electrons. The molecule has 4 nitrogen and oxygen atoms in total. The van der Waals surface area contributed by atoms with E-state index in [2.05, 4.69) is 4.98 Å². The molecule has 0 aliphatic heterocycles. The van der Waals surface area contributed by atoms with Crippen LogP contribution < -0.4 is 0 Å². The van der Waals surface area contributed by atoms with E-state index in [1.165, 1.54) is 6.92 Å². The molecule has 0 aromatic carbocycles. The standard InChI is InChI=1S/C12H12F2N2O2/c1-3-18-10(17)4-9-7(2)11(12(13)14)16-6-8(9)5-15/h6,12H,3-4H2,1-2H3. The number of alkyl halides is 2. The minimum atomic E-state index is -2.74. The van der Waals surface area contributed by atoms with Crippen molar-refractivity contribution in [3.8, 4) is 6.07 Å². The minimum absolute atomic E-state index is 0.116. The highest BCUT2D eigenvalue weighted by Crippen LogP contribution is 2.25. The zero-order valence-electron chi connectivity index (χ0n) is 10.0. The van der Waals surface area contributed by atoms with Crippen molar-refractivity contribution >= 4 is 5.97 Å². The first-order valence-corrected chi connectivity index (χ1v) is 5.33. The van der Waals surface area contributed by atoms with E-state index in [1.807, 2.05) is 6.07 Å². The summed E-state index contributed by atoms with van der Waals surface area (Å²) >= 11 is 0. The van der Waals surface area contributed by atoms with Gasteiger partial charge < -0.3 is 4.74 Å². The molecule has 96 valence electrons. The van der Waals surface area contributed by atoms with Crippen LogP contribution in [-0.4, -0.2) is 17.6 Å². The Labute approximate surface area is 103 Å². The van der Waals surface area contributed by atoms with E-state index in [1.54, 1.807) is 6.92 Å². The minimum Gasteiger partial charge on any atom is -0.466 e. The van der Waals surface area contributed by atoms with Crippen molar-refractivity contribution in [3.63, 3.8) is 0 Å². The van der Waals surface area contributed by atoms with Gasteiger partial charge >= 0.3 is 5.97 Å². The molecular weight excluding hydrogens is 242 g/mol. The number of carbonyl (C=O) groups excluding carboxylic acids is 1. The Kier molecular flexibility index (Phi) is 4.72. The van der Waals surface area contributed by atoms with Gasteiger partial charge in [-0.1, -0.05) is 0 Å². The van der Waals surface area contributed by atoms with E-state index in [-0.39, 0.29) is 29.7 Å². The van der Waals surface area contributed by atoms with Gasteiger partial charge in [0.15, 0.2) is 0 Å². The van der Waals surface area contributed by atoms with E-state index >= 15 is 0 Å². The van der Waals surface area contributed by atoms with Crippen molar-refractivity contribution in [3.05, 3.63) is 28.6 Å². The summed E-state index contributed by atoms with van der Waals surface area (Å²) in [6.45, 7) is 3.27. The van der Waals surface area contributed by atoms with Crippen molar-refractivity contribution in [1.29, 1.82) is 5.26 Å². The Balaban J connectivity index is 3.18. The van der Waals surface area contributed by atoms with Crippen LogP contribution in [0.2, 0.25) is 0 Å². The molecule has 0 saturated carbocycles. The second kappa shape index (κ2) is 6.05. The number of nitriles is 1. The van der Waals surface area contributed by atoms with Gasteiger partial charge in [0.2, 0.25) is 0 Å². The lowest BCUT2D eigenvalue weighted by molar-refractivity contribution is -0.142. The monoisotopic (exact) mass is 254 g/mol. The third-order valence-electron chi connectivity index (χ3n) is 2.45. The van der Waals surface area contributed by atoms with Crippen LogP contribution in [-0.2, 0) is 16.0 Å². The van der Waals surface area contributed by atoms with Gasteiger partial charge in [0.05, 0.1) is 18.6 Å². The van der Waals surface area contributed by atoms with Gasteiger partial charge in [-0.05, 0) is 25.0 Å². The first kappa shape index (κ1) is 14.0. The summed E-state index contributed by atoms with van der Waals surface area (Å²) in [7, 11) is 0. The number of hydrogen-bond acceptors (Lipinski definition) is 4. The average molecular weight is 254 g/mol. The smallest absolute Gasteiger partial charge is 0.310 e. The van der Waals surface area contributed by atoms with E-state index in [0.717, 1.165) is 6.20 Å². The van der Waals surface area contributed by atoms with Crippen LogP contribution in [0.1, 0.15) is 35.7 Å². The molecule has 0 N–H and O–H groups in total. The van der Waals surface area contributed by atoms with Crippen LogP contribution in [0.4, 0.5) is 8.78 Å². The summed E-state index contributed by atoms with van der Waals surface area (Å²) < 4.78 is 30.1. The molecule has 0 aliphatic rings. The molecule has 0 aliphatic carbocycles. The molecule has 6 heteroatoms. The Hall–Kier alpha value is -2.03. The summed E-state index contributed by atoms with van der Waals surface area (Å²) in [4.78, 5) is 14.9. The van der Waals surface area contributed by atoms with Gasteiger partial charge in [0, 0.05) is 6.20 Å². The SMILES string of the molecule is CCOC(=O)Cc1c(C#N)cnc(C(F)F)c1C. The fourth-order valence-corrected chi connectivity index (χ4v) is 1.57. The predicted octanol–water partition coefficient (Wildman–Crippen LogP) is 2.30. The number of aromatic nitrogens is 1. The van der Waals surface area contributed by atoms with Gasteiger partial charge in [-0.15, -0.1) is 0 Å². The van der Waals surface area contributed by atoms with Gasteiger partial charge in [-0.3, -0.25) is 9.78 Å². The highest BCUT2D eigenvalue weighted by Gasteiger charge is 2.19. The van der Waals surface area contributed by atoms with Crippen molar-refractivity contribution in [2.24, 2.45) is 0 Å². The van der Waals surface area contributed by atoms with Crippen molar-refractivity contribution in [2.45, 2.75) is 26.7 Å². The van der Waals surface area contributed by atoms with Crippen LogP contribution in [0.15, 0.2) is 6.20 Å². The molecule has 0 amide bonds. The molecule has 1 aromatic rings. The van der Waals surface area contributed by atoms with Crippen LogP contribution in [0.25, 0.3) is 0 Å². The lowest BCUT2D eigenvalue weighted by Crippen LogP contribution is -2.12. The molecule has 0 atom stereocenters. The summed E-state index contributed by atoms with van der Waals surface area (Å²) in [5, 5.41) is 8.89. The number of nitrogens with zero attached hydrogens (tertiary/aromatic N) is 2. The van der Waals surface area contributed by atoms with Crippen molar-refractivity contribution in [2.75, 3.05) is 6.61 Å². The molecule has 0 bridgehead atoms. The molecule has 0 unspecified atom stereocenters. The molecule has 0 saturated heterocycles. The molecule has 18 heavy (non-hydrogen) atoms. The number of carbonyl (C=O) groups is 1. The van der Waals surface area contributed by atoms with E-state index in [9.17, 15) is 13.6 Å². The Morgan fingerprint density at radius 1 is 1.61 bits per heavy atom. The largest absolute Gasteiger partial charge is 0.466 e. The van der Waals surface area contributed by atoms with E-state index in [0.29, 0.717) is 0 Å². The van der Waals surface area contributed by atoms with Gasteiger partial charge in [-0.2, -0.15) is 5.26 Å². The lowest BCUT2D eigenvalue weighted by atomic mass is 10.00. The molecule has 0 spiro atoms. The highest BCUT2D eigenvalue weighted by molar-refractivity contribution is 5.74. The Morgan fingerprint density at radius 2 is 2.28 bits per heavy atom. The number of pyridine rings is 1. The predicted molar refractivity (Wildman–Crippen MR) is 59.0 cm³/mol. The highest BCUT2D eigenvalue weighted by atomic mass is 19.3. The number of esters is 1. The molecule has 0 fully saturated rings. The lowest BCUT2D eigenvalue weighted by Gasteiger charge is -2.11. The topological polar surface area (TPSA) is 63.0 Å². The third kappa shape index (κ3) is 3.00. The van der Waals surface area contributed by atoms with E-state index < -0.39 is 18.1 Å². The van der Waals surface area contributed by atoms with Gasteiger partial charge in [-0.25, -0.2) is 8.78 Å². The van der Waals surface area contributed by atoms with Crippen molar-refractivity contribution < 1.29 is 18.3 Å². The van der Waals surface area contributed by atoms with E-state index in [4.69, 9.17) is 10.00 Å². The van der Waals surface area contributed by atoms with Crippen LogP contribution >= 0.6 is 0 Å². The number of ether oxygens (including phenoxy) is 1. The van der Waals surface area contributed by atoms with Crippen LogP contribution in [0.5, 0.6) is 0 Å².